The van der Waals surface area contributed by atoms with E-state index in [-0.39, 0.29) is 6.10 Å². The topological polar surface area (TPSA) is 59.1 Å². The van der Waals surface area contributed by atoms with Gasteiger partial charge >= 0.3 is 0 Å². The SMILES string of the molecule is Cc1cc(OC(C)C)nc(NC2CCCNCC2)n1. The summed E-state index contributed by atoms with van der Waals surface area (Å²) in [5.41, 5.74) is 0.930. The maximum absolute atomic E-state index is 5.65. The Bertz CT molecular complexity index is 400. The lowest BCUT2D eigenvalue weighted by molar-refractivity contribution is 0.232. The first-order chi connectivity index (χ1) is 9.13. The summed E-state index contributed by atoms with van der Waals surface area (Å²) in [6.07, 6.45) is 3.59. The van der Waals surface area contributed by atoms with E-state index in [2.05, 4.69) is 20.6 Å². The van der Waals surface area contributed by atoms with Crippen LogP contribution in [0.15, 0.2) is 6.07 Å². The molecule has 0 saturated carbocycles. The van der Waals surface area contributed by atoms with Gasteiger partial charge in [-0.1, -0.05) is 0 Å². The number of anilines is 1. The summed E-state index contributed by atoms with van der Waals surface area (Å²) in [6.45, 7) is 8.13. The van der Waals surface area contributed by atoms with E-state index in [1.165, 1.54) is 6.42 Å². The maximum atomic E-state index is 5.65. The van der Waals surface area contributed by atoms with Gasteiger partial charge in [0.1, 0.15) is 0 Å². The molecular formula is C14H24N4O. The number of hydrogen-bond acceptors (Lipinski definition) is 5. The molecule has 0 aliphatic carbocycles. The van der Waals surface area contributed by atoms with Gasteiger partial charge in [-0.25, -0.2) is 4.98 Å². The van der Waals surface area contributed by atoms with Crippen molar-refractivity contribution in [2.45, 2.75) is 52.2 Å². The monoisotopic (exact) mass is 264 g/mol. The number of nitrogens with one attached hydrogen (secondary N) is 2. The minimum Gasteiger partial charge on any atom is -0.475 e. The molecule has 0 bridgehead atoms. The highest BCUT2D eigenvalue weighted by Gasteiger charge is 2.13. The largest absolute Gasteiger partial charge is 0.475 e. The molecule has 2 heterocycles. The fourth-order valence-electron chi connectivity index (χ4n) is 2.25. The van der Waals surface area contributed by atoms with Crippen molar-refractivity contribution in [3.05, 3.63) is 11.8 Å². The van der Waals surface area contributed by atoms with Crippen molar-refractivity contribution in [2.24, 2.45) is 0 Å². The van der Waals surface area contributed by atoms with E-state index >= 15 is 0 Å². The summed E-state index contributed by atoms with van der Waals surface area (Å²) in [6, 6.07) is 2.32. The van der Waals surface area contributed by atoms with Crippen LogP contribution in [0.25, 0.3) is 0 Å². The number of aromatic nitrogens is 2. The van der Waals surface area contributed by atoms with Crippen molar-refractivity contribution >= 4 is 5.95 Å². The molecule has 1 aromatic rings. The lowest BCUT2D eigenvalue weighted by atomic mass is 10.1. The van der Waals surface area contributed by atoms with E-state index in [1.54, 1.807) is 0 Å². The zero-order chi connectivity index (χ0) is 13.7. The van der Waals surface area contributed by atoms with Gasteiger partial charge in [-0.2, -0.15) is 4.98 Å². The normalized spacial score (nSPS) is 20.1. The molecule has 5 heteroatoms. The van der Waals surface area contributed by atoms with E-state index in [0.717, 1.165) is 31.6 Å². The van der Waals surface area contributed by atoms with Gasteiger partial charge in [0.25, 0.3) is 0 Å². The lowest BCUT2D eigenvalue weighted by Crippen LogP contribution is -2.23. The highest BCUT2D eigenvalue weighted by Crippen LogP contribution is 2.16. The third kappa shape index (κ3) is 4.67. The molecule has 1 unspecified atom stereocenters. The maximum Gasteiger partial charge on any atom is 0.226 e. The smallest absolute Gasteiger partial charge is 0.226 e. The Morgan fingerprint density at radius 3 is 2.95 bits per heavy atom. The first kappa shape index (κ1) is 14.1. The zero-order valence-electron chi connectivity index (χ0n) is 12.1. The molecular weight excluding hydrogens is 240 g/mol. The Morgan fingerprint density at radius 2 is 2.16 bits per heavy atom. The minimum absolute atomic E-state index is 0.129. The van der Waals surface area contributed by atoms with Crippen LogP contribution >= 0.6 is 0 Å². The average Bonchev–Trinajstić information content (AvgIpc) is 2.55. The van der Waals surface area contributed by atoms with Gasteiger partial charge in [0.05, 0.1) is 6.10 Å². The van der Waals surface area contributed by atoms with Crippen molar-refractivity contribution in [1.82, 2.24) is 15.3 Å². The molecule has 1 fully saturated rings. The van der Waals surface area contributed by atoms with Crippen LogP contribution in [0, 0.1) is 6.92 Å². The molecule has 5 nitrogen and oxygen atoms in total. The van der Waals surface area contributed by atoms with Gasteiger partial charge in [-0.3, -0.25) is 0 Å². The van der Waals surface area contributed by atoms with Crippen molar-refractivity contribution in [3.8, 4) is 5.88 Å². The van der Waals surface area contributed by atoms with Crippen LogP contribution in [0.2, 0.25) is 0 Å². The summed E-state index contributed by atoms with van der Waals surface area (Å²) in [5.74, 6) is 1.33. The van der Waals surface area contributed by atoms with Gasteiger partial charge in [-0.05, 0) is 53.1 Å². The standard InChI is InChI=1S/C14H24N4O/c1-10(2)19-13-9-11(3)16-14(18-13)17-12-5-4-7-15-8-6-12/h9-10,12,15H,4-8H2,1-3H3,(H,16,17,18). The molecule has 1 aliphatic heterocycles. The Hall–Kier alpha value is -1.36. The van der Waals surface area contributed by atoms with Crippen LogP contribution in [0.1, 0.15) is 38.8 Å². The lowest BCUT2D eigenvalue weighted by Gasteiger charge is -2.17. The average molecular weight is 264 g/mol. The number of aryl methyl sites for hydroxylation is 1. The Balaban J connectivity index is 2.04. The molecule has 1 saturated heterocycles. The second-order valence-electron chi connectivity index (χ2n) is 5.36. The van der Waals surface area contributed by atoms with Crippen LogP contribution in [0.3, 0.4) is 0 Å². The van der Waals surface area contributed by atoms with Crippen molar-refractivity contribution in [2.75, 3.05) is 18.4 Å². The summed E-state index contributed by atoms with van der Waals surface area (Å²) in [7, 11) is 0. The van der Waals surface area contributed by atoms with Crippen LogP contribution in [-0.2, 0) is 0 Å². The zero-order valence-corrected chi connectivity index (χ0v) is 12.1. The van der Waals surface area contributed by atoms with Gasteiger partial charge in [0.15, 0.2) is 0 Å². The molecule has 1 aromatic heterocycles. The molecule has 19 heavy (non-hydrogen) atoms. The van der Waals surface area contributed by atoms with E-state index in [0.29, 0.717) is 17.9 Å². The molecule has 0 spiro atoms. The molecule has 2 rings (SSSR count). The van der Waals surface area contributed by atoms with E-state index in [1.807, 2.05) is 26.8 Å². The van der Waals surface area contributed by atoms with Crippen LogP contribution in [-0.4, -0.2) is 35.2 Å². The number of hydrogen-bond donors (Lipinski definition) is 2. The number of rotatable bonds is 4. The fourth-order valence-corrected chi connectivity index (χ4v) is 2.25. The van der Waals surface area contributed by atoms with Crippen molar-refractivity contribution < 1.29 is 4.74 Å². The van der Waals surface area contributed by atoms with E-state index < -0.39 is 0 Å². The van der Waals surface area contributed by atoms with Crippen LogP contribution in [0.4, 0.5) is 5.95 Å². The predicted molar refractivity (Wildman–Crippen MR) is 76.7 cm³/mol. The first-order valence-corrected chi connectivity index (χ1v) is 7.13. The number of ether oxygens (including phenoxy) is 1. The highest BCUT2D eigenvalue weighted by molar-refractivity contribution is 5.31. The third-order valence-electron chi connectivity index (χ3n) is 3.10. The van der Waals surface area contributed by atoms with E-state index in [4.69, 9.17) is 4.74 Å². The summed E-state index contributed by atoms with van der Waals surface area (Å²) >= 11 is 0. The van der Waals surface area contributed by atoms with Crippen molar-refractivity contribution in [1.29, 1.82) is 0 Å². The van der Waals surface area contributed by atoms with Crippen LogP contribution in [0.5, 0.6) is 5.88 Å². The van der Waals surface area contributed by atoms with Crippen LogP contribution < -0.4 is 15.4 Å². The fraction of sp³-hybridized carbons (Fsp3) is 0.714. The summed E-state index contributed by atoms with van der Waals surface area (Å²) in [5, 5.41) is 6.84. The molecule has 106 valence electrons. The van der Waals surface area contributed by atoms with Gasteiger partial charge < -0.3 is 15.4 Å². The Morgan fingerprint density at radius 1 is 1.32 bits per heavy atom. The Labute approximate surface area is 115 Å². The molecule has 1 atom stereocenters. The minimum atomic E-state index is 0.129. The van der Waals surface area contributed by atoms with Crippen molar-refractivity contribution in [3.63, 3.8) is 0 Å². The molecule has 0 aromatic carbocycles. The van der Waals surface area contributed by atoms with Gasteiger partial charge in [0, 0.05) is 17.8 Å². The third-order valence-corrected chi connectivity index (χ3v) is 3.10. The first-order valence-electron chi connectivity index (χ1n) is 7.13. The highest BCUT2D eigenvalue weighted by atomic mass is 16.5. The molecule has 1 aliphatic rings. The van der Waals surface area contributed by atoms with Gasteiger partial charge in [0.2, 0.25) is 11.8 Å². The van der Waals surface area contributed by atoms with E-state index in [9.17, 15) is 0 Å². The molecule has 2 N–H and O–H groups in total. The number of nitrogens with zero attached hydrogens (tertiary/aromatic N) is 2. The van der Waals surface area contributed by atoms with Gasteiger partial charge in [-0.15, -0.1) is 0 Å². The second kappa shape index (κ2) is 6.70. The molecule has 0 amide bonds. The quantitative estimate of drug-likeness (QED) is 0.872. The Kier molecular flexibility index (Phi) is 4.96. The summed E-state index contributed by atoms with van der Waals surface area (Å²) in [4.78, 5) is 8.88. The predicted octanol–water partition coefficient (Wildman–Crippen LogP) is 2.13. The summed E-state index contributed by atoms with van der Waals surface area (Å²) < 4.78 is 5.65. The second-order valence-corrected chi connectivity index (χ2v) is 5.36. The molecule has 0 radical (unpaired) electrons.